The lowest BCUT2D eigenvalue weighted by Gasteiger charge is -2.11. The molecule has 0 unspecified atom stereocenters. The zero-order valence-electron chi connectivity index (χ0n) is 10.6. The maximum atomic E-state index is 12.6. The van der Waals surface area contributed by atoms with Crippen molar-refractivity contribution in [3.63, 3.8) is 0 Å². The molecule has 2 aromatic rings. The van der Waals surface area contributed by atoms with Crippen LogP contribution in [0, 0.1) is 0 Å². The Labute approximate surface area is 118 Å². The van der Waals surface area contributed by atoms with Gasteiger partial charge in [-0.2, -0.15) is 13.2 Å². The van der Waals surface area contributed by atoms with Crippen molar-refractivity contribution in [1.82, 2.24) is 0 Å². The predicted molar refractivity (Wildman–Crippen MR) is 71.8 cm³/mol. The number of benzene rings is 2. The molecule has 0 heterocycles. The summed E-state index contributed by atoms with van der Waals surface area (Å²) in [6.45, 7) is 0. The number of rotatable bonds is 2. The Balaban J connectivity index is 2.32. The summed E-state index contributed by atoms with van der Waals surface area (Å²) in [6, 6.07) is 7.97. The highest BCUT2D eigenvalue weighted by Crippen LogP contribution is 2.42. The van der Waals surface area contributed by atoms with Crippen molar-refractivity contribution in [2.45, 2.75) is 6.18 Å². The Morgan fingerprint density at radius 3 is 1.71 bits per heavy atom. The van der Waals surface area contributed by atoms with Gasteiger partial charge in [0.15, 0.2) is 0 Å². The summed E-state index contributed by atoms with van der Waals surface area (Å²) < 4.78 is 37.7. The van der Waals surface area contributed by atoms with E-state index in [9.17, 15) is 23.4 Å². The molecule has 0 atom stereocenters. The fourth-order valence-electron chi connectivity index (χ4n) is 1.80. The third kappa shape index (κ3) is 3.47. The fourth-order valence-corrected chi connectivity index (χ4v) is 1.80. The minimum absolute atomic E-state index is 0.0944. The van der Waals surface area contributed by atoms with Crippen molar-refractivity contribution >= 4 is 12.2 Å². The molecule has 0 amide bonds. The molecule has 6 heteroatoms. The first-order valence-corrected chi connectivity index (χ1v) is 5.87. The Bertz CT molecular complexity index is 651. The fraction of sp³-hybridized carbons (Fsp3) is 0.0667. The summed E-state index contributed by atoms with van der Waals surface area (Å²) in [7, 11) is 0. The van der Waals surface area contributed by atoms with Gasteiger partial charge in [-0.05, 0) is 35.4 Å². The molecule has 2 rings (SSSR count). The third-order valence-electron chi connectivity index (χ3n) is 2.76. The van der Waals surface area contributed by atoms with Gasteiger partial charge in [-0.15, -0.1) is 0 Å². The molecule has 0 spiro atoms. The van der Waals surface area contributed by atoms with Gasteiger partial charge in [0.1, 0.15) is 22.8 Å². The molecule has 0 aliphatic carbocycles. The van der Waals surface area contributed by atoms with Gasteiger partial charge in [-0.25, -0.2) is 0 Å². The van der Waals surface area contributed by atoms with Crippen molar-refractivity contribution in [2.75, 3.05) is 0 Å². The highest BCUT2D eigenvalue weighted by molar-refractivity contribution is 5.72. The second-order valence-corrected chi connectivity index (χ2v) is 4.36. The van der Waals surface area contributed by atoms with Crippen molar-refractivity contribution in [1.29, 1.82) is 0 Å². The molecule has 0 fully saturated rings. The van der Waals surface area contributed by atoms with Gasteiger partial charge in [-0.3, -0.25) is 0 Å². The molecule has 3 N–H and O–H groups in total. The molecule has 110 valence electrons. The molecule has 0 aliphatic heterocycles. The molecular weight excluding hydrogens is 285 g/mol. The second-order valence-electron chi connectivity index (χ2n) is 4.36. The molecule has 0 aromatic heterocycles. The predicted octanol–water partition coefficient (Wildman–Crippen LogP) is 3.99. The summed E-state index contributed by atoms with van der Waals surface area (Å²) in [6.07, 6.45) is -1.82. The minimum Gasteiger partial charge on any atom is -0.508 e. The van der Waals surface area contributed by atoms with Crippen molar-refractivity contribution in [3.8, 4) is 17.2 Å². The Hall–Kier alpha value is -2.63. The normalized spacial score (nSPS) is 12.0. The van der Waals surface area contributed by atoms with E-state index < -0.39 is 23.2 Å². The standard InChI is InChI=1S/C15H11F3O3/c16-15(17,18)14-12(20)7-10(8-13(14)21)2-1-9-3-5-11(19)6-4-9/h1-8,19-21H/b2-1+. The Morgan fingerprint density at radius 2 is 1.24 bits per heavy atom. The molecule has 21 heavy (non-hydrogen) atoms. The first-order valence-electron chi connectivity index (χ1n) is 5.87. The number of hydrogen-bond donors (Lipinski definition) is 3. The molecule has 0 radical (unpaired) electrons. The summed E-state index contributed by atoms with van der Waals surface area (Å²) in [5.74, 6) is -1.97. The van der Waals surface area contributed by atoms with Crippen LogP contribution < -0.4 is 0 Å². The van der Waals surface area contributed by atoms with Crippen LogP contribution in [0.25, 0.3) is 12.2 Å². The second kappa shape index (κ2) is 5.40. The van der Waals surface area contributed by atoms with Gasteiger partial charge < -0.3 is 15.3 Å². The van der Waals surface area contributed by atoms with Crippen molar-refractivity contribution in [3.05, 3.63) is 53.1 Å². The molecule has 0 bridgehead atoms. The van der Waals surface area contributed by atoms with E-state index in [2.05, 4.69) is 0 Å². The van der Waals surface area contributed by atoms with Crippen molar-refractivity contribution in [2.24, 2.45) is 0 Å². The smallest absolute Gasteiger partial charge is 0.423 e. The summed E-state index contributed by atoms with van der Waals surface area (Å²) in [5.41, 5.74) is -0.540. The van der Waals surface area contributed by atoms with Gasteiger partial charge in [0, 0.05) is 0 Å². The van der Waals surface area contributed by atoms with E-state index in [1.54, 1.807) is 18.2 Å². The average Bonchev–Trinajstić information content (AvgIpc) is 2.35. The monoisotopic (exact) mass is 296 g/mol. The Kier molecular flexibility index (Phi) is 3.80. The lowest BCUT2D eigenvalue weighted by atomic mass is 10.1. The lowest BCUT2D eigenvalue weighted by molar-refractivity contribution is -0.139. The van der Waals surface area contributed by atoms with E-state index in [0.717, 1.165) is 12.1 Å². The number of aromatic hydroxyl groups is 3. The maximum Gasteiger partial charge on any atom is 0.423 e. The highest BCUT2D eigenvalue weighted by atomic mass is 19.4. The van der Waals surface area contributed by atoms with Gasteiger partial charge in [0.05, 0.1) is 0 Å². The largest absolute Gasteiger partial charge is 0.508 e. The quantitative estimate of drug-likeness (QED) is 0.734. The third-order valence-corrected chi connectivity index (χ3v) is 2.76. The number of alkyl halides is 3. The van der Waals surface area contributed by atoms with E-state index in [1.165, 1.54) is 18.2 Å². The van der Waals surface area contributed by atoms with E-state index in [-0.39, 0.29) is 11.3 Å². The molecular formula is C15H11F3O3. The number of phenols is 3. The SMILES string of the molecule is Oc1ccc(/C=C/c2cc(O)c(C(F)(F)F)c(O)c2)cc1. The van der Waals surface area contributed by atoms with Gasteiger partial charge >= 0.3 is 6.18 Å². The van der Waals surface area contributed by atoms with Gasteiger partial charge in [0.2, 0.25) is 0 Å². The zero-order chi connectivity index (χ0) is 15.6. The summed E-state index contributed by atoms with van der Waals surface area (Å²) in [4.78, 5) is 0. The van der Waals surface area contributed by atoms with Crippen LogP contribution in [0.1, 0.15) is 16.7 Å². The molecule has 0 aliphatic rings. The van der Waals surface area contributed by atoms with E-state index in [4.69, 9.17) is 5.11 Å². The number of phenolic OH excluding ortho intramolecular Hbond substituents is 3. The van der Waals surface area contributed by atoms with E-state index in [0.29, 0.717) is 5.56 Å². The van der Waals surface area contributed by atoms with Crippen LogP contribution in [0.15, 0.2) is 36.4 Å². The van der Waals surface area contributed by atoms with Gasteiger partial charge in [-0.1, -0.05) is 24.3 Å². The van der Waals surface area contributed by atoms with Crippen molar-refractivity contribution < 1.29 is 28.5 Å². The first-order chi connectivity index (χ1) is 9.77. The molecule has 0 saturated heterocycles. The minimum atomic E-state index is -4.83. The lowest BCUT2D eigenvalue weighted by Crippen LogP contribution is -2.05. The summed E-state index contributed by atoms with van der Waals surface area (Å²) in [5, 5.41) is 27.9. The first kappa shape index (κ1) is 14.8. The number of hydrogen-bond acceptors (Lipinski definition) is 3. The van der Waals surface area contributed by atoms with E-state index in [1.807, 2.05) is 0 Å². The topological polar surface area (TPSA) is 60.7 Å². The average molecular weight is 296 g/mol. The van der Waals surface area contributed by atoms with Crippen LogP contribution in [0.3, 0.4) is 0 Å². The molecule has 2 aromatic carbocycles. The van der Waals surface area contributed by atoms with Crippen LogP contribution in [-0.4, -0.2) is 15.3 Å². The maximum absolute atomic E-state index is 12.6. The Morgan fingerprint density at radius 1 is 0.762 bits per heavy atom. The van der Waals surface area contributed by atoms with Crippen LogP contribution in [0.2, 0.25) is 0 Å². The molecule has 3 nitrogen and oxygen atoms in total. The van der Waals surface area contributed by atoms with Crippen LogP contribution in [0.5, 0.6) is 17.2 Å². The highest BCUT2D eigenvalue weighted by Gasteiger charge is 2.37. The number of halogens is 3. The zero-order valence-corrected chi connectivity index (χ0v) is 10.6. The van der Waals surface area contributed by atoms with Crippen LogP contribution in [0.4, 0.5) is 13.2 Å². The molecule has 0 saturated carbocycles. The van der Waals surface area contributed by atoms with Gasteiger partial charge in [0.25, 0.3) is 0 Å². The van der Waals surface area contributed by atoms with Crippen LogP contribution in [-0.2, 0) is 6.18 Å². The van der Waals surface area contributed by atoms with E-state index >= 15 is 0 Å². The van der Waals surface area contributed by atoms with Crippen LogP contribution >= 0.6 is 0 Å². The summed E-state index contributed by atoms with van der Waals surface area (Å²) >= 11 is 0.